The molecule has 88 valence electrons. The molecule has 3 nitrogen and oxygen atoms in total. The maximum absolute atomic E-state index is 11.0. The molecule has 0 aliphatic heterocycles. The number of hydrogen-bond donors (Lipinski definition) is 0. The Bertz CT molecular complexity index is 726. The molecule has 0 N–H and O–H groups in total. The summed E-state index contributed by atoms with van der Waals surface area (Å²) < 4.78 is 1.99. The van der Waals surface area contributed by atoms with Crippen LogP contribution in [-0.4, -0.2) is 9.55 Å². The molecule has 0 saturated carbocycles. The Morgan fingerprint density at radius 3 is 2.72 bits per heavy atom. The van der Waals surface area contributed by atoms with Crippen molar-refractivity contribution in [2.24, 2.45) is 0 Å². The molecule has 1 aromatic carbocycles. The number of benzene rings is 1. The average Bonchev–Trinajstić information content (AvgIpc) is 2.41. The Morgan fingerprint density at radius 2 is 1.89 bits per heavy atom. The van der Waals surface area contributed by atoms with Crippen LogP contribution in [0.25, 0.3) is 10.9 Å². The minimum absolute atomic E-state index is 0.0361. The van der Waals surface area contributed by atoms with E-state index < -0.39 is 0 Å². The van der Waals surface area contributed by atoms with E-state index >= 15 is 0 Å². The van der Waals surface area contributed by atoms with Gasteiger partial charge in [0.15, 0.2) is 5.43 Å². The number of pyridine rings is 2. The van der Waals surface area contributed by atoms with Crippen LogP contribution in [0.4, 0.5) is 0 Å². The smallest absolute Gasteiger partial charge is 0.181 e. The second-order valence-corrected chi connectivity index (χ2v) is 4.24. The van der Waals surface area contributed by atoms with Gasteiger partial charge in [0.25, 0.3) is 0 Å². The van der Waals surface area contributed by atoms with Gasteiger partial charge in [-0.15, -0.1) is 0 Å². The van der Waals surface area contributed by atoms with E-state index in [4.69, 9.17) is 0 Å². The van der Waals surface area contributed by atoms with Crippen LogP contribution in [0.1, 0.15) is 5.56 Å². The van der Waals surface area contributed by atoms with E-state index in [1.807, 2.05) is 16.7 Å². The molecular formula is C15H12N2O. The third-order valence-electron chi connectivity index (χ3n) is 2.89. The van der Waals surface area contributed by atoms with Crippen LogP contribution in [0.3, 0.4) is 0 Å². The second kappa shape index (κ2) is 4.45. The molecule has 0 saturated heterocycles. The third-order valence-corrected chi connectivity index (χ3v) is 2.89. The van der Waals surface area contributed by atoms with Gasteiger partial charge in [0.2, 0.25) is 0 Å². The largest absolute Gasteiger partial charge is 0.350 e. The predicted molar refractivity (Wildman–Crippen MR) is 71.5 cm³/mol. The minimum atomic E-state index is 0.0361. The van der Waals surface area contributed by atoms with Crippen molar-refractivity contribution in [2.75, 3.05) is 0 Å². The molecule has 0 aliphatic rings. The molecule has 0 aliphatic carbocycles. The molecule has 0 fully saturated rings. The fourth-order valence-corrected chi connectivity index (χ4v) is 1.98. The van der Waals surface area contributed by atoms with Crippen LogP contribution in [0, 0.1) is 0 Å². The maximum Gasteiger partial charge on any atom is 0.181 e. The van der Waals surface area contributed by atoms with Gasteiger partial charge in [0.1, 0.15) is 0 Å². The van der Waals surface area contributed by atoms with Crippen molar-refractivity contribution >= 4 is 10.9 Å². The zero-order chi connectivity index (χ0) is 12.4. The SMILES string of the molecule is O=c1ccn(Cc2ccc3ncccc3c2)cc1. The number of hydrogen-bond acceptors (Lipinski definition) is 2. The number of aromatic nitrogens is 2. The van der Waals surface area contributed by atoms with Crippen LogP contribution in [0.2, 0.25) is 0 Å². The van der Waals surface area contributed by atoms with Crippen molar-refractivity contribution in [1.82, 2.24) is 9.55 Å². The summed E-state index contributed by atoms with van der Waals surface area (Å²) in [7, 11) is 0. The van der Waals surface area contributed by atoms with Gasteiger partial charge in [0, 0.05) is 42.7 Å². The lowest BCUT2D eigenvalue weighted by Gasteiger charge is -2.06. The lowest BCUT2D eigenvalue weighted by molar-refractivity contribution is 0.790. The lowest BCUT2D eigenvalue weighted by atomic mass is 10.1. The molecule has 0 radical (unpaired) electrons. The summed E-state index contributed by atoms with van der Waals surface area (Å²) in [4.78, 5) is 15.3. The predicted octanol–water partition coefficient (Wildman–Crippen LogP) is 2.44. The van der Waals surface area contributed by atoms with Crippen molar-refractivity contribution in [3.8, 4) is 0 Å². The highest BCUT2D eigenvalue weighted by atomic mass is 16.1. The Morgan fingerprint density at radius 1 is 1.06 bits per heavy atom. The normalized spacial score (nSPS) is 10.7. The molecular weight excluding hydrogens is 224 g/mol. The van der Waals surface area contributed by atoms with E-state index in [2.05, 4.69) is 23.2 Å². The average molecular weight is 236 g/mol. The van der Waals surface area contributed by atoms with E-state index in [1.165, 1.54) is 5.56 Å². The Hall–Kier alpha value is -2.42. The van der Waals surface area contributed by atoms with Crippen molar-refractivity contribution in [2.45, 2.75) is 6.54 Å². The van der Waals surface area contributed by atoms with E-state index in [9.17, 15) is 4.79 Å². The highest BCUT2D eigenvalue weighted by Crippen LogP contribution is 2.13. The van der Waals surface area contributed by atoms with Gasteiger partial charge < -0.3 is 4.57 Å². The number of fused-ring (bicyclic) bond motifs is 1. The fraction of sp³-hybridized carbons (Fsp3) is 0.0667. The topological polar surface area (TPSA) is 34.9 Å². The van der Waals surface area contributed by atoms with Crippen molar-refractivity contribution in [1.29, 1.82) is 0 Å². The van der Waals surface area contributed by atoms with E-state index in [1.54, 1.807) is 30.7 Å². The van der Waals surface area contributed by atoms with E-state index in [0.717, 1.165) is 17.4 Å². The standard InChI is InChI=1S/C15H12N2O/c18-14-5-8-17(9-6-14)11-12-3-4-15-13(10-12)2-1-7-16-15/h1-10H,11H2. The van der Waals surface area contributed by atoms with E-state index in [-0.39, 0.29) is 5.43 Å². The monoisotopic (exact) mass is 236 g/mol. The molecule has 18 heavy (non-hydrogen) atoms. The molecule has 3 rings (SSSR count). The Kier molecular flexibility index (Phi) is 2.65. The highest BCUT2D eigenvalue weighted by Gasteiger charge is 1.97. The maximum atomic E-state index is 11.0. The first-order chi connectivity index (χ1) is 8.81. The summed E-state index contributed by atoms with van der Waals surface area (Å²) in [5.41, 5.74) is 2.23. The zero-order valence-electron chi connectivity index (χ0n) is 9.78. The van der Waals surface area contributed by atoms with Crippen LogP contribution >= 0.6 is 0 Å². The summed E-state index contributed by atoms with van der Waals surface area (Å²) in [6.45, 7) is 0.755. The molecule has 2 aromatic heterocycles. The summed E-state index contributed by atoms with van der Waals surface area (Å²) >= 11 is 0. The van der Waals surface area contributed by atoms with Crippen LogP contribution in [-0.2, 0) is 6.54 Å². The Labute approximate surface area is 104 Å². The molecule has 3 aromatic rings. The molecule has 0 amide bonds. The summed E-state index contributed by atoms with van der Waals surface area (Å²) in [6, 6.07) is 13.3. The number of nitrogens with zero attached hydrogens (tertiary/aromatic N) is 2. The first kappa shape index (κ1) is 10.7. The van der Waals surface area contributed by atoms with Gasteiger partial charge in [0.05, 0.1) is 5.52 Å². The van der Waals surface area contributed by atoms with Gasteiger partial charge in [-0.05, 0) is 23.8 Å². The Balaban J connectivity index is 1.95. The van der Waals surface area contributed by atoms with Crippen molar-refractivity contribution in [3.05, 3.63) is 76.8 Å². The summed E-state index contributed by atoms with van der Waals surface area (Å²) in [5.74, 6) is 0. The lowest BCUT2D eigenvalue weighted by Crippen LogP contribution is -2.04. The molecule has 0 spiro atoms. The van der Waals surface area contributed by atoms with Gasteiger partial charge in [-0.1, -0.05) is 12.1 Å². The summed E-state index contributed by atoms with van der Waals surface area (Å²) in [6.07, 6.45) is 5.40. The molecule has 0 atom stereocenters. The van der Waals surface area contributed by atoms with E-state index in [0.29, 0.717) is 0 Å². The highest BCUT2D eigenvalue weighted by molar-refractivity contribution is 5.78. The van der Waals surface area contributed by atoms with Crippen LogP contribution in [0.15, 0.2) is 65.8 Å². The summed E-state index contributed by atoms with van der Waals surface area (Å²) in [5, 5.41) is 1.14. The molecule has 3 heteroatoms. The molecule has 0 bridgehead atoms. The third kappa shape index (κ3) is 2.15. The second-order valence-electron chi connectivity index (χ2n) is 4.24. The molecule has 2 heterocycles. The van der Waals surface area contributed by atoms with Crippen molar-refractivity contribution in [3.63, 3.8) is 0 Å². The zero-order valence-corrected chi connectivity index (χ0v) is 9.78. The quantitative estimate of drug-likeness (QED) is 0.685. The van der Waals surface area contributed by atoms with Gasteiger partial charge >= 0.3 is 0 Å². The first-order valence-corrected chi connectivity index (χ1v) is 5.81. The van der Waals surface area contributed by atoms with Gasteiger partial charge in [-0.25, -0.2) is 0 Å². The van der Waals surface area contributed by atoms with Crippen LogP contribution < -0.4 is 5.43 Å². The first-order valence-electron chi connectivity index (χ1n) is 5.81. The van der Waals surface area contributed by atoms with Crippen molar-refractivity contribution < 1.29 is 0 Å². The van der Waals surface area contributed by atoms with Gasteiger partial charge in [-0.2, -0.15) is 0 Å². The fourth-order valence-electron chi connectivity index (χ4n) is 1.98. The van der Waals surface area contributed by atoms with Crippen LogP contribution in [0.5, 0.6) is 0 Å². The number of rotatable bonds is 2. The minimum Gasteiger partial charge on any atom is -0.350 e. The van der Waals surface area contributed by atoms with Gasteiger partial charge in [-0.3, -0.25) is 9.78 Å². The molecule has 0 unspecified atom stereocenters.